The maximum absolute atomic E-state index is 11.9. The fraction of sp³-hybridized carbons (Fsp3) is 0.583. The van der Waals surface area contributed by atoms with Gasteiger partial charge in [0.25, 0.3) is 5.91 Å². The van der Waals surface area contributed by atoms with E-state index in [0.29, 0.717) is 6.04 Å². The number of amides is 1. The van der Waals surface area contributed by atoms with Crippen molar-refractivity contribution in [2.24, 2.45) is 7.05 Å². The van der Waals surface area contributed by atoms with Crippen molar-refractivity contribution in [3.8, 4) is 0 Å². The van der Waals surface area contributed by atoms with Crippen LogP contribution < -0.4 is 5.32 Å². The number of aromatic nitrogens is 1. The lowest BCUT2D eigenvalue weighted by atomic mass is 10.2. The highest BCUT2D eigenvalue weighted by molar-refractivity contribution is 5.93. The Balaban J connectivity index is 2.04. The highest BCUT2D eigenvalue weighted by Crippen LogP contribution is 2.18. The summed E-state index contributed by atoms with van der Waals surface area (Å²) in [5.74, 6) is 0.0671. The van der Waals surface area contributed by atoms with Crippen molar-refractivity contribution in [3.63, 3.8) is 0 Å². The fourth-order valence-electron chi connectivity index (χ4n) is 2.17. The smallest absolute Gasteiger partial charge is 0.268 e. The van der Waals surface area contributed by atoms with Gasteiger partial charge in [0.1, 0.15) is 5.69 Å². The molecule has 3 heteroatoms. The summed E-state index contributed by atoms with van der Waals surface area (Å²) in [5.41, 5.74) is 1.88. The van der Waals surface area contributed by atoms with Crippen molar-refractivity contribution in [2.75, 3.05) is 0 Å². The first kappa shape index (κ1) is 10.3. The Bertz CT molecular complexity index is 362. The molecule has 0 unspecified atom stereocenters. The molecule has 1 fully saturated rings. The molecule has 1 aliphatic rings. The molecule has 82 valence electrons. The summed E-state index contributed by atoms with van der Waals surface area (Å²) in [6.07, 6.45) is 4.76. The third kappa shape index (κ3) is 2.06. The molecule has 1 N–H and O–H groups in total. The summed E-state index contributed by atoms with van der Waals surface area (Å²) in [6.45, 7) is 2.01. The lowest BCUT2D eigenvalue weighted by molar-refractivity contribution is 0.0929. The molecule has 0 bridgehead atoms. The average Bonchev–Trinajstić information content (AvgIpc) is 2.79. The van der Waals surface area contributed by atoms with Crippen LogP contribution in [0.3, 0.4) is 0 Å². The molecule has 0 aromatic carbocycles. The first-order chi connectivity index (χ1) is 7.18. The van der Waals surface area contributed by atoms with Gasteiger partial charge in [0.2, 0.25) is 0 Å². The third-order valence-electron chi connectivity index (χ3n) is 3.30. The van der Waals surface area contributed by atoms with Crippen LogP contribution in [0.4, 0.5) is 0 Å². The van der Waals surface area contributed by atoms with Crippen LogP contribution in [0.15, 0.2) is 12.1 Å². The minimum Gasteiger partial charge on any atom is -0.348 e. The molecule has 1 saturated carbocycles. The van der Waals surface area contributed by atoms with Gasteiger partial charge in [-0.05, 0) is 31.9 Å². The Morgan fingerprint density at radius 2 is 2.07 bits per heavy atom. The van der Waals surface area contributed by atoms with E-state index >= 15 is 0 Å². The van der Waals surface area contributed by atoms with Crippen molar-refractivity contribution < 1.29 is 4.79 Å². The summed E-state index contributed by atoms with van der Waals surface area (Å²) in [4.78, 5) is 11.9. The molecule has 1 amide bonds. The molecular formula is C12H18N2O. The predicted octanol–water partition coefficient (Wildman–Crippen LogP) is 2.01. The molecule has 1 aromatic rings. The van der Waals surface area contributed by atoms with E-state index in [9.17, 15) is 4.79 Å². The third-order valence-corrected chi connectivity index (χ3v) is 3.30. The van der Waals surface area contributed by atoms with Crippen LogP contribution in [0.1, 0.15) is 41.9 Å². The Morgan fingerprint density at radius 3 is 2.60 bits per heavy atom. The molecule has 2 rings (SSSR count). The number of carbonyl (C=O) groups excluding carboxylic acids is 1. The molecular weight excluding hydrogens is 188 g/mol. The van der Waals surface area contributed by atoms with Crippen molar-refractivity contribution in [1.82, 2.24) is 9.88 Å². The molecule has 1 aliphatic carbocycles. The second-order valence-electron chi connectivity index (χ2n) is 4.37. The van der Waals surface area contributed by atoms with Crippen molar-refractivity contribution >= 4 is 5.91 Å². The molecule has 0 radical (unpaired) electrons. The van der Waals surface area contributed by atoms with E-state index in [1.165, 1.54) is 12.8 Å². The molecule has 0 spiro atoms. The van der Waals surface area contributed by atoms with Gasteiger partial charge in [-0.25, -0.2) is 0 Å². The lowest BCUT2D eigenvalue weighted by Gasteiger charge is -2.12. The Labute approximate surface area is 90.5 Å². The monoisotopic (exact) mass is 206 g/mol. The average molecular weight is 206 g/mol. The number of nitrogens with zero attached hydrogens (tertiary/aromatic N) is 1. The van der Waals surface area contributed by atoms with Gasteiger partial charge in [0, 0.05) is 18.8 Å². The summed E-state index contributed by atoms with van der Waals surface area (Å²) in [5, 5.41) is 3.09. The number of nitrogens with one attached hydrogen (secondary N) is 1. The van der Waals surface area contributed by atoms with E-state index in [4.69, 9.17) is 0 Å². The number of hydrogen-bond donors (Lipinski definition) is 1. The van der Waals surface area contributed by atoms with Crippen LogP contribution >= 0.6 is 0 Å². The highest BCUT2D eigenvalue weighted by atomic mass is 16.2. The fourth-order valence-corrected chi connectivity index (χ4v) is 2.17. The van der Waals surface area contributed by atoms with E-state index in [2.05, 4.69) is 5.32 Å². The van der Waals surface area contributed by atoms with Gasteiger partial charge >= 0.3 is 0 Å². The molecule has 0 saturated heterocycles. The highest BCUT2D eigenvalue weighted by Gasteiger charge is 2.19. The number of aryl methyl sites for hydroxylation is 1. The summed E-state index contributed by atoms with van der Waals surface area (Å²) in [7, 11) is 1.93. The van der Waals surface area contributed by atoms with Gasteiger partial charge < -0.3 is 9.88 Å². The molecule has 15 heavy (non-hydrogen) atoms. The number of hydrogen-bond acceptors (Lipinski definition) is 1. The summed E-state index contributed by atoms with van der Waals surface area (Å²) in [6, 6.07) is 4.26. The molecule has 3 nitrogen and oxygen atoms in total. The first-order valence-electron chi connectivity index (χ1n) is 5.61. The zero-order chi connectivity index (χ0) is 10.8. The van der Waals surface area contributed by atoms with E-state index in [1.807, 2.05) is 30.7 Å². The predicted molar refractivity (Wildman–Crippen MR) is 59.9 cm³/mol. The van der Waals surface area contributed by atoms with Crippen molar-refractivity contribution in [2.45, 2.75) is 38.6 Å². The van der Waals surface area contributed by atoms with Crippen LogP contribution in [-0.4, -0.2) is 16.5 Å². The van der Waals surface area contributed by atoms with Crippen LogP contribution in [0.2, 0.25) is 0 Å². The normalized spacial score (nSPS) is 16.9. The minimum absolute atomic E-state index is 0.0671. The van der Waals surface area contributed by atoms with E-state index in [1.54, 1.807) is 0 Å². The molecule has 1 aromatic heterocycles. The quantitative estimate of drug-likeness (QED) is 0.789. The Morgan fingerprint density at radius 1 is 1.40 bits per heavy atom. The van der Waals surface area contributed by atoms with Crippen molar-refractivity contribution in [1.29, 1.82) is 0 Å². The van der Waals surface area contributed by atoms with Crippen molar-refractivity contribution in [3.05, 3.63) is 23.5 Å². The maximum atomic E-state index is 11.9. The topological polar surface area (TPSA) is 34.0 Å². The van der Waals surface area contributed by atoms with Crippen LogP contribution in [0.5, 0.6) is 0 Å². The van der Waals surface area contributed by atoms with Gasteiger partial charge in [-0.2, -0.15) is 0 Å². The minimum atomic E-state index is 0.0671. The van der Waals surface area contributed by atoms with Gasteiger partial charge in [-0.15, -0.1) is 0 Å². The second kappa shape index (κ2) is 4.09. The van der Waals surface area contributed by atoms with Crippen LogP contribution in [-0.2, 0) is 7.05 Å². The second-order valence-corrected chi connectivity index (χ2v) is 4.37. The molecule has 0 aliphatic heterocycles. The molecule has 0 atom stereocenters. The SMILES string of the molecule is Cc1ccc(C(=O)NC2CCCC2)n1C. The first-order valence-corrected chi connectivity index (χ1v) is 5.61. The van der Waals surface area contributed by atoms with E-state index in [0.717, 1.165) is 24.2 Å². The van der Waals surface area contributed by atoms with Crippen LogP contribution in [0, 0.1) is 6.92 Å². The number of rotatable bonds is 2. The van der Waals surface area contributed by atoms with Gasteiger partial charge in [0.15, 0.2) is 0 Å². The van der Waals surface area contributed by atoms with Gasteiger partial charge in [-0.3, -0.25) is 4.79 Å². The number of carbonyl (C=O) groups is 1. The van der Waals surface area contributed by atoms with Gasteiger partial charge in [-0.1, -0.05) is 12.8 Å². The lowest BCUT2D eigenvalue weighted by Crippen LogP contribution is -2.33. The summed E-state index contributed by atoms with van der Waals surface area (Å²) >= 11 is 0. The standard InChI is InChI=1S/C12H18N2O/c1-9-7-8-11(14(9)2)12(15)13-10-5-3-4-6-10/h7-8,10H,3-6H2,1-2H3,(H,13,15). The van der Waals surface area contributed by atoms with E-state index in [-0.39, 0.29) is 5.91 Å². The van der Waals surface area contributed by atoms with Crippen LogP contribution in [0.25, 0.3) is 0 Å². The largest absolute Gasteiger partial charge is 0.348 e. The Hall–Kier alpha value is -1.25. The van der Waals surface area contributed by atoms with E-state index < -0.39 is 0 Å². The zero-order valence-electron chi connectivity index (χ0n) is 9.42. The maximum Gasteiger partial charge on any atom is 0.268 e. The molecule has 1 heterocycles. The summed E-state index contributed by atoms with van der Waals surface area (Å²) < 4.78 is 1.93. The van der Waals surface area contributed by atoms with Gasteiger partial charge in [0.05, 0.1) is 0 Å². The zero-order valence-corrected chi connectivity index (χ0v) is 9.42. The Kier molecular flexibility index (Phi) is 2.80.